The molecule has 0 fully saturated rings. The first kappa shape index (κ1) is 9.47. The van der Waals surface area contributed by atoms with E-state index in [0.717, 1.165) is 6.42 Å². The van der Waals surface area contributed by atoms with Crippen molar-refractivity contribution in [2.75, 3.05) is 0 Å². The molecule has 0 aliphatic rings. The van der Waals surface area contributed by atoms with E-state index >= 15 is 0 Å². The Morgan fingerprint density at radius 1 is 1.60 bits per heavy atom. The molecule has 0 radical (unpaired) electrons. The molecule has 2 heteroatoms. The van der Waals surface area contributed by atoms with Gasteiger partial charge in [0.15, 0.2) is 0 Å². The number of rotatable bonds is 3. The number of amides is 1. The summed E-state index contributed by atoms with van der Waals surface area (Å²) in [6.45, 7) is 7.90. The van der Waals surface area contributed by atoms with Crippen molar-refractivity contribution in [1.29, 1.82) is 0 Å². The van der Waals surface area contributed by atoms with Crippen LogP contribution in [0.15, 0.2) is 0 Å². The van der Waals surface area contributed by atoms with Gasteiger partial charge in [-0.05, 0) is 5.92 Å². The summed E-state index contributed by atoms with van der Waals surface area (Å²) >= 11 is 0. The molecule has 0 spiro atoms. The van der Waals surface area contributed by atoms with Gasteiger partial charge in [-0.25, -0.2) is 0 Å². The second-order valence-corrected chi connectivity index (χ2v) is 3.40. The lowest BCUT2D eigenvalue weighted by molar-refractivity contribution is -0.128. The Hall–Kier alpha value is -0.530. The van der Waals surface area contributed by atoms with Crippen LogP contribution in [-0.2, 0) is 4.79 Å². The largest absolute Gasteiger partial charge is 0.369 e. The number of carbonyl (C=O) groups excluding carboxylic acids is 1. The van der Waals surface area contributed by atoms with Crippen molar-refractivity contribution in [3.8, 4) is 0 Å². The molecule has 0 aliphatic heterocycles. The van der Waals surface area contributed by atoms with Crippen LogP contribution >= 0.6 is 0 Å². The molecule has 1 atom stereocenters. The van der Waals surface area contributed by atoms with Gasteiger partial charge in [-0.3, -0.25) is 4.79 Å². The summed E-state index contributed by atoms with van der Waals surface area (Å²) < 4.78 is 0. The lowest BCUT2D eigenvalue weighted by Gasteiger charge is -2.26. The Morgan fingerprint density at radius 2 is 2.00 bits per heavy atom. The molecule has 0 heterocycles. The van der Waals surface area contributed by atoms with Gasteiger partial charge in [0.05, 0.1) is 0 Å². The van der Waals surface area contributed by atoms with Crippen LogP contribution in [0.2, 0.25) is 0 Å². The maximum Gasteiger partial charge on any atom is 0.223 e. The van der Waals surface area contributed by atoms with E-state index in [2.05, 4.69) is 6.92 Å². The maximum absolute atomic E-state index is 10.8. The molecular weight excluding hydrogens is 126 g/mol. The summed E-state index contributed by atoms with van der Waals surface area (Å²) in [4.78, 5) is 10.8. The molecule has 0 rings (SSSR count). The molecule has 0 aliphatic carbocycles. The van der Waals surface area contributed by atoms with E-state index in [-0.39, 0.29) is 11.3 Å². The van der Waals surface area contributed by atoms with Crippen LogP contribution in [0.25, 0.3) is 0 Å². The van der Waals surface area contributed by atoms with Crippen LogP contribution in [0, 0.1) is 11.3 Å². The van der Waals surface area contributed by atoms with Crippen molar-refractivity contribution in [1.82, 2.24) is 0 Å². The van der Waals surface area contributed by atoms with Gasteiger partial charge in [0.25, 0.3) is 0 Å². The van der Waals surface area contributed by atoms with Crippen molar-refractivity contribution < 1.29 is 4.79 Å². The van der Waals surface area contributed by atoms with Crippen molar-refractivity contribution >= 4 is 5.91 Å². The third-order valence-corrected chi connectivity index (χ3v) is 2.48. The molecule has 1 amide bonds. The first-order chi connectivity index (χ1) is 4.42. The van der Waals surface area contributed by atoms with Crippen molar-refractivity contribution in [2.45, 2.75) is 34.1 Å². The van der Waals surface area contributed by atoms with E-state index in [0.29, 0.717) is 5.92 Å². The van der Waals surface area contributed by atoms with Gasteiger partial charge in [0, 0.05) is 5.41 Å². The van der Waals surface area contributed by atoms with Gasteiger partial charge in [0.2, 0.25) is 5.91 Å². The molecule has 0 bridgehead atoms. The van der Waals surface area contributed by atoms with Crippen LogP contribution < -0.4 is 5.73 Å². The van der Waals surface area contributed by atoms with E-state index in [4.69, 9.17) is 5.73 Å². The van der Waals surface area contributed by atoms with Gasteiger partial charge in [0.1, 0.15) is 0 Å². The highest BCUT2D eigenvalue weighted by Crippen LogP contribution is 2.27. The fraction of sp³-hybridized carbons (Fsp3) is 0.875. The molecule has 0 saturated heterocycles. The fourth-order valence-corrected chi connectivity index (χ4v) is 0.753. The predicted octanol–water partition coefficient (Wildman–Crippen LogP) is 1.54. The summed E-state index contributed by atoms with van der Waals surface area (Å²) in [5, 5.41) is 0. The average molecular weight is 143 g/mol. The highest BCUT2D eigenvalue weighted by atomic mass is 16.1. The lowest BCUT2D eigenvalue weighted by Crippen LogP contribution is -2.36. The second kappa shape index (κ2) is 3.04. The topological polar surface area (TPSA) is 43.1 Å². The average Bonchev–Trinajstić information content (AvgIpc) is 1.86. The summed E-state index contributed by atoms with van der Waals surface area (Å²) in [5.74, 6) is 0.159. The van der Waals surface area contributed by atoms with Gasteiger partial charge < -0.3 is 5.73 Å². The maximum atomic E-state index is 10.8. The van der Waals surface area contributed by atoms with Crippen molar-refractivity contribution in [2.24, 2.45) is 17.1 Å². The highest BCUT2D eigenvalue weighted by Gasteiger charge is 2.30. The van der Waals surface area contributed by atoms with Gasteiger partial charge in [-0.15, -0.1) is 0 Å². The summed E-state index contributed by atoms with van der Waals surface area (Å²) in [7, 11) is 0. The van der Waals surface area contributed by atoms with Crippen LogP contribution in [0.3, 0.4) is 0 Å². The van der Waals surface area contributed by atoms with Crippen LogP contribution in [0.5, 0.6) is 0 Å². The molecule has 0 aromatic heterocycles. The molecule has 10 heavy (non-hydrogen) atoms. The third kappa shape index (κ3) is 1.72. The first-order valence-electron chi connectivity index (χ1n) is 3.72. The first-order valence-corrected chi connectivity index (χ1v) is 3.72. The van der Waals surface area contributed by atoms with Crippen LogP contribution in [-0.4, -0.2) is 5.91 Å². The Bertz CT molecular complexity index is 129. The molecule has 2 N–H and O–H groups in total. The molecule has 60 valence electrons. The lowest BCUT2D eigenvalue weighted by atomic mass is 9.78. The molecule has 1 unspecified atom stereocenters. The molecular formula is C8H17NO. The van der Waals surface area contributed by atoms with Crippen molar-refractivity contribution in [3.05, 3.63) is 0 Å². The number of hydrogen-bond acceptors (Lipinski definition) is 1. The van der Waals surface area contributed by atoms with E-state index in [1.54, 1.807) is 0 Å². The SMILES string of the molecule is CCC(C)C(C)(C)C(N)=O. The molecule has 2 nitrogen and oxygen atoms in total. The molecule has 0 saturated carbocycles. The summed E-state index contributed by atoms with van der Waals surface area (Å²) in [6, 6.07) is 0. The van der Waals surface area contributed by atoms with Crippen LogP contribution in [0.1, 0.15) is 34.1 Å². The third-order valence-electron chi connectivity index (χ3n) is 2.48. The Labute approximate surface area is 62.8 Å². The van der Waals surface area contributed by atoms with E-state index < -0.39 is 0 Å². The zero-order chi connectivity index (χ0) is 8.36. The standard InChI is InChI=1S/C8H17NO/c1-5-6(2)8(3,4)7(9)10/h6H,5H2,1-4H3,(H2,9,10). The summed E-state index contributed by atoms with van der Waals surface area (Å²) in [6.07, 6.45) is 0.996. The zero-order valence-electron chi connectivity index (χ0n) is 7.27. The van der Waals surface area contributed by atoms with Gasteiger partial charge in [-0.2, -0.15) is 0 Å². The Morgan fingerprint density at radius 3 is 2.10 bits per heavy atom. The Balaban J connectivity index is 4.23. The van der Waals surface area contributed by atoms with E-state index in [9.17, 15) is 4.79 Å². The smallest absolute Gasteiger partial charge is 0.223 e. The fourth-order valence-electron chi connectivity index (χ4n) is 0.753. The Kier molecular flexibility index (Phi) is 2.88. The van der Waals surface area contributed by atoms with Gasteiger partial charge in [-0.1, -0.05) is 34.1 Å². The van der Waals surface area contributed by atoms with Gasteiger partial charge >= 0.3 is 0 Å². The minimum Gasteiger partial charge on any atom is -0.369 e. The predicted molar refractivity (Wildman–Crippen MR) is 42.4 cm³/mol. The normalized spacial score (nSPS) is 14.8. The quantitative estimate of drug-likeness (QED) is 0.640. The zero-order valence-corrected chi connectivity index (χ0v) is 7.27. The second-order valence-electron chi connectivity index (χ2n) is 3.40. The monoisotopic (exact) mass is 143 g/mol. The molecule has 0 aromatic rings. The number of hydrogen-bond donors (Lipinski definition) is 1. The number of primary amides is 1. The van der Waals surface area contributed by atoms with E-state index in [1.807, 2.05) is 20.8 Å². The van der Waals surface area contributed by atoms with Crippen molar-refractivity contribution in [3.63, 3.8) is 0 Å². The number of carbonyl (C=O) groups is 1. The summed E-state index contributed by atoms with van der Waals surface area (Å²) in [5.41, 5.74) is 4.86. The highest BCUT2D eigenvalue weighted by molar-refractivity contribution is 5.80. The number of nitrogens with two attached hydrogens (primary N) is 1. The molecule has 0 aromatic carbocycles. The van der Waals surface area contributed by atoms with Crippen LogP contribution in [0.4, 0.5) is 0 Å². The van der Waals surface area contributed by atoms with E-state index in [1.165, 1.54) is 0 Å². The minimum absolute atomic E-state index is 0.207. The minimum atomic E-state index is -0.352.